The van der Waals surface area contributed by atoms with Gasteiger partial charge >= 0.3 is 0 Å². The van der Waals surface area contributed by atoms with Crippen molar-refractivity contribution in [1.29, 1.82) is 0 Å². The van der Waals surface area contributed by atoms with Crippen LogP contribution in [0, 0.1) is 5.92 Å². The van der Waals surface area contributed by atoms with Crippen LogP contribution in [0.25, 0.3) is 0 Å². The molecule has 0 spiro atoms. The maximum atomic E-state index is 5.25. The fourth-order valence-electron chi connectivity index (χ4n) is 1.37. The van der Waals surface area contributed by atoms with Crippen LogP contribution in [0.3, 0.4) is 0 Å². The highest BCUT2D eigenvalue weighted by Gasteiger charge is 2.03. The first-order chi connectivity index (χ1) is 7.59. The molecule has 1 atom stereocenters. The Labute approximate surface area is 104 Å². The van der Waals surface area contributed by atoms with Crippen molar-refractivity contribution in [2.75, 3.05) is 0 Å². The average Bonchev–Trinajstić information content (AvgIpc) is 2.27. The van der Waals surface area contributed by atoms with Crippen LogP contribution in [-0.4, -0.2) is 4.99 Å². The Morgan fingerprint density at radius 2 is 1.81 bits per heavy atom. The molecule has 0 heterocycles. The summed E-state index contributed by atoms with van der Waals surface area (Å²) in [6, 6.07) is 10.6. The summed E-state index contributed by atoms with van der Waals surface area (Å²) < 4.78 is 0. The third kappa shape index (κ3) is 4.58. The summed E-state index contributed by atoms with van der Waals surface area (Å²) in [5.41, 5.74) is 1.25. The van der Waals surface area contributed by atoms with E-state index in [0.717, 1.165) is 4.99 Å². The Hall–Kier alpha value is -1.15. The topological polar surface area (TPSA) is 12.0 Å². The van der Waals surface area contributed by atoms with Crippen molar-refractivity contribution in [3.05, 3.63) is 48.0 Å². The van der Waals surface area contributed by atoms with Gasteiger partial charge in [-0.2, -0.15) is 0 Å². The molecule has 0 bridgehead atoms. The first-order valence-electron chi connectivity index (χ1n) is 5.63. The second-order valence-electron chi connectivity index (χ2n) is 4.24. The lowest BCUT2D eigenvalue weighted by molar-refractivity contribution is 0.724. The molecule has 1 rings (SSSR count). The van der Waals surface area contributed by atoms with Gasteiger partial charge in [-0.1, -0.05) is 62.5 Å². The second-order valence-corrected chi connectivity index (χ2v) is 4.68. The van der Waals surface area contributed by atoms with E-state index in [4.69, 9.17) is 12.2 Å². The average molecular weight is 233 g/mol. The van der Waals surface area contributed by atoms with Gasteiger partial charge in [-0.3, -0.25) is 0 Å². The van der Waals surface area contributed by atoms with E-state index in [1.165, 1.54) is 5.56 Å². The summed E-state index contributed by atoms with van der Waals surface area (Å²) in [6.07, 6.45) is 4.08. The van der Waals surface area contributed by atoms with Gasteiger partial charge in [-0.05, 0) is 24.5 Å². The quantitative estimate of drug-likeness (QED) is 0.625. The van der Waals surface area contributed by atoms with E-state index in [1.54, 1.807) is 0 Å². The molecule has 2 heteroatoms. The molecule has 0 amide bonds. The second kappa shape index (κ2) is 6.44. The van der Waals surface area contributed by atoms with Gasteiger partial charge in [0, 0.05) is 6.04 Å². The van der Waals surface area contributed by atoms with Crippen LogP contribution in [-0.2, 0) is 0 Å². The van der Waals surface area contributed by atoms with Gasteiger partial charge in [0.05, 0.1) is 4.99 Å². The molecule has 0 aromatic heterocycles. The molecular formula is C14H19NS. The summed E-state index contributed by atoms with van der Waals surface area (Å²) in [7, 11) is 0. The zero-order valence-electron chi connectivity index (χ0n) is 10.1. The lowest BCUT2D eigenvalue weighted by Crippen LogP contribution is -2.23. The van der Waals surface area contributed by atoms with Crippen molar-refractivity contribution in [2.24, 2.45) is 5.92 Å². The largest absolute Gasteiger partial charge is 0.370 e. The van der Waals surface area contributed by atoms with Gasteiger partial charge < -0.3 is 5.32 Å². The zero-order valence-corrected chi connectivity index (χ0v) is 10.9. The highest BCUT2D eigenvalue weighted by Crippen LogP contribution is 2.11. The molecule has 0 aliphatic heterocycles. The van der Waals surface area contributed by atoms with Gasteiger partial charge in [0.15, 0.2) is 0 Å². The minimum Gasteiger partial charge on any atom is -0.370 e. The molecule has 0 saturated heterocycles. The maximum absolute atomic E-state index is 5.25. The monoisotopic (exact) mass is 233 g/mol. The Bertz CT molecular complexity index is 354. The summed E-state index contributed by atoms with van der Waals surface area (Å²) in [5.74, 6) is 0.534. The van der Waals surface area contributed by atoms with Crippen molar-refractivity contribution in [1.82, 2.24) is 5.32 Å². The number of hydrogen-bond donors (Lipinski definition) is 1. The summed E-state index contributed by atoms with van der Waals surface area (Å²) in [5, 5.41) is 3.30. The van der Waals surface area contributed by atoms with Crippen LogP contribution < -0.4 is 5.32 Å². The number of hydrogen-bond acceptors (Lipinski definition) is 1. The van der Waals surface area contributed by atoms with E-state index >= 15 is 0 Å². The minimum absolute atomic E-state index is 0.255. The van der Waals surface area contributed by atoms with Crippen LogP contribution in [0.4, 0.5) is 0 Å². The smallest absolute Gasteiger partial charge is 0.0989 e. The molecule has 1 aromatic rings. The van der Waals surface area contributed by atoms with E-state index in [1.807, 2.05) is 24.3 Å². The van der Waals surface area contributed by atoms with Crippen molar-refractivity contribution < 1.29 is 0 Å². The van der Waals surface area contributed by atoms with Gasteiger partial charge in [0.2, 0.25) is 0 Å². The normalized spacial score (nSPS) is 13.0. The zero-order chi connectivity index (χ0) is 12.0. The first kappa shape index (κ1) is 12.9. The fourth-order valence-corrected chi connectivity index (χ4v) is 1.62. The van der Waals surface area contributed by atoms with E-state index < -0.39 is 0 Å². The highest BCUT2D eigenvalue weighted by atomic mass is 32.1. The molecule has 1 aromatic carbocycles. The standard InChI is InChI=1S/C14H19NS/c1-11(2)9-10-14(16)15-12(3)13-7-5-4-6-8-13/h4-12H,1-3H3,(H,15,16)/b10-9+/t12-/m1/s1. The Kier molecular flexibility index (Phi) is 5.20. The van der Waals surface area contributed by atoms with Crippen molar-refractivity contribution in [3.63, 3.8) is 0 Å². The van der Waals surface area contributed by atoms with Gasteiger partial charge in [-0.15, -0.1) is 0 Å². The third-order valence-electron chi connectivity index (χ3n) is 2.29. The molecule has 16 heavy (non-hydrogen) atoms. The third-order valence-corrected chi connectivity index (χ3v) is 2.54. The SMILES string of the molecule is CC(C)/C=C/C(=S)N[C@H](C)c1ccccc1. The molecule has 86 valence electrons. The lowest BCUT2D eigenvalue weighted by Gasteiger charge is -2.14. The summed E-state index contributed by atoms with van der Waals surface area (Å²) in [6.45, 7) is 6.39. The summed E-state index contributed by atoms with van der Waals surface area (Å²) >= 11 is 5.25. The molecule has 0 aliphatic carbocycles. The van der Waals surface area contributed by atoms with E-state index in [0.29, 0.717) is 5.92 Å². The van der Waals surface area contributed by atoms with Crippen molar-refractivity contribution in [2.45, 2.75) is 26.8 Å². The van der Waals surface area contributed by atoms with Crippen LogP contribution in [0.2, 0.25) is 0 Å². The molecule has 0 unspecified atom stereocenters. The lowest BCUT2D eigenvalue weighted by atomic mass is 10.1. The molecule has 1 nitrogen and oxygen atoms in total. The maximum Gasteiger partial charge on any atom is 0.0989 e. The van der Waals surface area contributed by atoms with Crippen LogP contribution in [0.5, 0.6) is 0 Å². The molecule has 1 N–H and O–H groups in total. The number of benzene rings is 1. The minimum atomic E-state index is 0.255. The van der Waals surface area contributed by atoms with Gasteiger partial charge in [0.25, 0.3) is 0 Å². The van der Waals surface area contributed by atoms with Crippen LogP contribution in [0.15, 0.2) is 42.5 Å². The fraction of sp³-hybridized carbons (Fsp3) is 0.357. The van der Waals surface area contributed by atoms with E-state index in [-0.39, 0.29) is 6.04 Å². The van der Waals surface area contributed by atoms with E-state index in [9.17, 15) is 0 Å². The van der Waals surface area contributed by atoms with Gasteiger partial charge in [-0.25, -0.2) is 0 Å². The number of thiocarbonyl (C=S) groups is 1. The number of allylic oxidation sites excluding steroid dienone is 1. The molecule has 0 radical (unpaired) electrons. The predicted molar refractivity (Wildman–Crippen MR) is 74.6 cm³/mol. The molecular weight excluding hydrogens is 214 g/mol. The molecule has 0 fully saturated rings. The van der Waals surface area contributed by atoms with Crippen LogP contribution >= 0.6 is 12.2 Å². The Balaban J connectivity index is 2.52. The van der Waals surface area contributed by atoms with Crippen molar-refractivity contribution in [3.8, 4) is 0 Å². The molecule has 0 aliphatic rings. The first-order valence-corrected chi connectivity index (χ1v) is 6.04. The molecule has 0 saturated carbocycles. The predicted octanol–water partition coefficient (Wildman–Crippen LogP) is 3.88. The summed E-state index contributed by atoms with van der Waals surface area (Å²) in [4.78, 5) is 0.796. The Morgan fingerprint density at radius 3 is 2.38 bits per heavy atom. The number of rotatable bonds is 4. The highest BCUT2D eigenvalue weighted by molar-refractivity contribution is 7.80. The number of nitrogens with one attached hydrogen (secondary N) is 1. The van der Waals surface area contributed by atoms with Crippen LogP contribution in [0.1, 0.15) is 32.4 Å². The van der Waals surface area contributed by atoms with E-state index in [2.05, 4.69) is 44.3 Å². The van der Waals surface area contributed by atoms with Crippen molar-refractivity contribution >= 4 is 17.2 Å². The van der Waals surface area contributed by atoms with Gasteiger partial charge in [0.1, 0.15) is 0 Å². The Morgan fingerprint density at radius 1 is 1.19 bits per heavy atom.